The van der Waals surface area contributed by atoms with Gasteiger partial charge in [0.25, 0.3) is 0 Å². The van der Waals surface area contributed by atoms with E-state index >= 15 is 0 Å². The Bertz CT molecular complexity index is 1440. The van der Waals surface area contributed by atoms with Gasteiger partial charge in [-0.15, -0.1) is 0 Å². The zero-order valence-corrected chi connectivity index (χ0v) is 14.9. The van der Waals surface area contributed by atoms with E-state index in [0.717, 1.165) is 22.2 Å². The molecule has 2 heterocycles. The molecule has 2 nitrogen and oxygen atoms in total. The number of fused-ring (bicyclic) bond motifs is 6. The quantitative estimate of drug-likeness (QED) is 0.386. The Morgan fingerprint density at radius 3 is 2.07 bits per heavy atom. The Balaban J connectivity index is 1.85. The predicted molar refractivity (Wildman–Crippen MR) is 116 cm³/mol. The van der Waals surface area contributed by atoms with Crippen LogP contribution in [-0.4, -0.2) is 12.4 Å². The van der Waals surface area contributed by atoms with Gasteiger partial charge in [0.05, 0.1) is 22.1 Å². The van der Waals surface area contributed by atoms with Gasteiger partial charge in [0.1, 0.15) is 19.0 Å². The lowest BCUT2D eigenvalue weighted by atomic mass is 9.95. The molecule has 0 bridgehead atoms. The van der Waals surface area contributed by atoms with E-state index in [0.29, 0.717) is 0 Å². The number of rotatable bonds is 1. The highest BCUT2D eigenvalue weighted by Gasteiger charge is 2.16. The first-order chi connectivity index (χ1) is 13.3. The summed E-state index contributed by atoms with van der Waals surface area (Å²) >= 11 is 0. The molecule has 0 saturated carbocycles. The topological polar surface area (TPSA) is 18.1 Å². The molecule has 6 rings (SSSR count). The van der Waals surface area contributed by atoms with Crippen molar-refractivity contribution in [3.63, 3.8) is 0 Å². The number of hydrogen-bond acceptors (Lipinski definition) is 1. The van der Waals surface area contributed by atoms with Crippen LogP contribution in [0.5, 0.6) is 0 Å². The van der Waals surface area contributed by atoms with E-state index in [9.17, 15) is 0 Å². The molecule has 126 valence electrons. The van der Waals surface area contributed by atoms with Gasteiger partial charge in [-0.3, -0.25) is 0 Å². The van der Waals surface area contributed by atoms with Crippen LogP contribution >= 0.6 is 0 Å². The van der Waals surface area contributed by atoms with Crippen LogP contribution in [0.15, 0.2) is 89.3 Å². The van der Waals surface area contributed by atoms with E-state index in [2.05, 4.69) is 97.3 Å². The molecule has 4 aromatic carbocycles. The van der Waals surface area contributed by atoms with Gasteiger partial charge in [0, 0.05) is 16.2 Å². The summed E-state index contributed by atoms with van der Waals surface area (Å²) in [4.78, 5) is 0. The Hall–Kier alpha value is -3.46. The highest BCUT2D eigenvalue weighted by molar-refractivity contribution is 6.33. The largest absolute Gasteiger partial charge is 0.456 e. The zero-order valence-electron chi connectivity index (χ0n) is 14.9. The second kappa shape index (κ2) is 5.27. The molecule has 0 radical (unpaired) electrons. The molecule has 0 fully saturated rings. The summed E-state index contributed by atoms with van der Waals surface area (Å²) < 4.78 is 8.55. The van der Waals surface area contributed by atoms with Gasteiger partial charge in [0.2, 0.25) is 0 Å². The van der Waals surface area contributed by atoms with Crippen molar-refractivity contribution in [2.24, 2.45) is 0 Å². The molecule has 3 heteroatoms. The highest BCUT2D eigenvalue weighted by Crippen LogP contribution is 2.37. The third-order valence-electron chi connectivity index (χ3n) is 5.45. The molecule has 2 aromatic heterocycles. The first-order valence-corrected chi connectivity index (χ1v) is 9.22. The molecule has 0 N–H and O–H groups in total. The fourth-order valence-electron chi connectivity index (χ4n) is 4.28. The van der Waals surface area contributed by atoms with Gasteiger partial charge in [-0.05, 0) is 30.3 Å². The summed E-state index contributed by atoms with van der Waals surface area (Å²) in [6.45, 7) is 0. The van der Waals surface area contributed by atoms with Gasteiger partial charge < -0.3 is 8.98 Å². The summed E-state index contributed by atoms with van der Waals surface area (Å²) in [5.74, 6) is 0. The maximum atomic E-state index is 6.18. The smallest absolute Gasteiger partial charge is 0.139 e. The maximum absolute atomic E-state index is 6.18. The van der Waals surface area contributed by atoms with Gasteiger partial charge >= 0.3 is 0 Å². The number of furan rings is 1. The van der Waals surface area contributed by atoms with E-state index in [-0.39, 0.29) is 0 Å². The van der Waals surface area contributed by atoms with Crippen molar-refractivity contribution in [2.75, 3.05) is 0 Å². The number of nitrogens with zero attached hydrogens (tertiary/aromatic N) is 1. The van der Waals surface area contributed by atoms with Crippen LogP contribution in [-0.2, 0) is 0 Å². The number of aromatic nitrogens is 1. The number of benzene rings is 4. The fourth-order valence-corrected chi connectivity index (χ4v) is 4.28. The average molecular weight is 345 g/mol. The molecule has 6 aromatic rings. The lowest BCUT2D eigenvalue weighted by molar-refractivity contribution is 0.669. The molecule has 0 unspecified atom stereocenters. The van der Waals surface area contributed by atoms with Crippen molar-refractivity contribution in [3.8, 4) is 5.69 Å². The zero-order chi connectivity index (χ0) is 18.0. The summed E-state index contributed by atoms with van der Waals surface area (Å²) in [5, 5.41) is 4.87. The lowest BCUT2D eigenvalue weighted by Crippen LogP contribution is -1.99. The van der Waals surface area contributed by atoms with Crippen LogP contribution < -0.4 is 5.46 Å². The minimum absolute atomic E-state index is 0.926. The molecular formula is C24H16BNO. The van der Waals surface area contributed by atoms with Gasteiger partial charge in [-0.25, -0.2) is 0 Å². The Labute approximate surface area is 157 Å². The number of hydrogen-bond donors (Lipinski definition) is 0. The van der Waals surface area contributed by atoms with E-state index in [1.807, 2.05) is 0 Å². The fraction of sp³-hybridized carbons (Fsp3) is 0. The molecule has 27 heavy (non-hydrogen) atoms. The van der Waals surface area contributed by atoms with E-state index in [4.69, 9.17) is 4.42 Å². The van der Waals surface area contributed by atoms with Crippen molar-refractivity contribution in [3.05, 3.63) is 84.9 Å². The van der Waals surface area contributed by atoms with Gasteiger partial charge in [-0.1, -0.05) is 60.1 Å². The van der Waals surface area contributed by atoms with Crippen molar-refractivity contribution >= 4 is 57.1 Å². The van der Waals surface area contributed by atoms with E-state index in [1.54, 1.807) is 0 Å². The highest BCUT2D eigenvalue weighted by atomic mass is 16.3. The van der Waals surface area contributed by atoms with Crippen molar-refractivity contribution in [1.29, 1.82) is 0 Å². The molecule has 0 atom stereocenters. The summed E-state index contributed by atoms with van der Waals surface area (Å²) in [5.41, 5.74) is 6.67. The molecule has 0 aliphatic heterocycles. The minimum atomic E-state index is 0.926. The molecule has 0 aliphatic carbocycles. The lowest BCUT2D eigenvalue weighted by Gasteiger charge is -2.09. The van der Waals surface area contributed by atoms with Crippen molar-refractivity contribution in [1.82, 2.24) is 4.57 Å². The molecule has 0 aliphatic rings. The molecule has 0 amide bonds. The summed E-state index contributed by atoms with van der Waals surface area (Å²) in [6.07, 6.45) is 0. The SMILES string of the molecule is Bc1ccc2c(c1)oc1cccc(-n3c4ccccc4c4ccccc43)c12. The third kappa shape index (κ3) is 1.97. The van der Waals surface area contributed by atoms with Crippen LogP contribution in [0, 0.1) is 0 Å². The maximum Gasteiger partial charge on any atom is 0.139 e. The monoisotopic (exact) mass is 345 g/mol. The van der Waals surface area contributed by atoms with Crippen LogP contribution in [0.3, 0.4) is 0 Å². The Morgan fingerprint density at radius 2 is 1.33 bits per heavy atom. The van der Waals surface area contributed by atoms with Crippen LogP contribution in [0.2, 0.25) is 0 Å². The van der Waals surface area contributed by atoms with Gasteiger partial charge in [-0.2, -0.15) is 0 Å². The normalized spacial score (nSPS) is 11.9. The second-order valence-corrected chi connectivity index (χ2v) is 7.12. The second-order valence-electron chi connectivity index (χ2n) is 7.12. The van der Waals surface area contributed by atoms with Crippen molar-refractivity contribution in [2.45, 2.75) is 0 Å². The van der Waals surface area contributed by atoms with Gasteiger partial charge in [0.15, 0.2) is 0 Å². The predicted octanol–water partition coefficient (Wildman–Crippen LogP) is 4.94. The Morgan fingerprint density at radius 1 is 0.630 bits per heavy atom. The third-order valence-corrected chi connectivity index (χ3v) is 5.45. The molecular weight excluding hydrogens is 329 g/mol. The molecule has 0 spiro atoms. The Kier molecular flexibility index (Phi) is 2.87. The van der Waals surface area contributed by atoms with E-state index in [1.165, 1.54) is 32.7 Å². The number of para-hydroxylation sites is 2. The minimum Gasteiger partial charge on any atom is -0.456 e. The van der Waals surface area contributed by atoms with Crippen LogP contribution in [0.1, 0.15) is 0 Å². The van der Waals surface area contributed by atoms with E-state index < -0.39 is 0 Å². The molecule has 0 saturated heterocycles. The summed E-state index contributed by atoms with van der Waals surface area (Å²) in [6, 6.07) is 30.0. The van der Waals surface area contributed by atoms with Crippen LogP contribution in [0.4, 0.5) is 0 Å². The standard InChI is InChI=1S/C24H16BNO/c25-15-12-13-18-23(14-15)27-22-11-5-10-21(24(18)22)26-19-8-3-1-6-16(19)17-7-2-4-9-20(17)26/h1-14H,25H2. The van der Waals surface area contributed by atoms with Crippen LogP contribution in [0.25, 0.3) is 49.4 Å². The average Bonchev–Trinajstić information content (AvgIpc) is 3.23. The summed E-state index contributed by atoms with van der Waals surface area (Å²) in [7, 11) is 2.10. The first kappa shape index (κ1) is 14.7. The first-order valence-electron chi connectivity index (χ1n) is 9.22. The van der Waals surface area contributed by atoms with Crippen molar-refractivity contribution < 1.29 is 4.42 Å².